The van der Waals surface area contributed by atoms with Crippen molar-refractivity contribution in [3.8, 4) is 0 Å². The Balaban J connectivity index is 0.000000221. The van der Waals surface area contributed by atoms with Crippen molar-refractivity contribution < 1.29 is 29.0 Å². The largest absolute Gasteiger partial charge is 0.480 e. The average molecular weight is 775 g/mol. The highest BCUT2D eigenvalue weighted by molar-refractivity contribution is 6.07. The van der Waals surface area contributed by atoms with Crippen LogP contribution in [0.2, 0.25) is 0 Å². The first-order chi connectivity index (χ1) is 27.1. The average Bonchev–Trinajstić information content (AvgIpc) is 3.17. The SMILES string of the molecule is CCN1CCc2cc(NC(=O)c3ccc(C(N)=NC(=O)OC(C)(C)C)cc3)ccc2C1.N=C(N)c1ccc(C(=O)Nc2ccc3c(c2)CCN(CC(=O)O)C3)cc1. The first-order valence-electron chi connectivity index (χ1n) is 18.7. The molecule has 14 nitrogen and oxygen atoms in total. The number of fused-ring (bicyclic) bond motifs is 2. The van der Waals surface area contributed by atoms with Crippen molar-refractivity contribution in [1.29, 1.82) is 5.41 Å². The number of rotatable bonds is 9. The topological polar surface area (TPSA) is 217 Å². The first-order valence-corrected chi connectivity index (χ1v) is 18.7. The Morgan fingerprint density at radius 3 is 1.63 bits per heavy atom. The van der Waals surface area contributed by atoms with E-state index >= 15 is 0 Å². The molecule has 57 heavy (non-hydrogen) atoms. The van der Waals surface area contributed by atoms with Crippen molar-refractivity contribution in [2.75, 3.05) is 36.8 Å². The number of carboxylic acids is 1. The number of nitrogens with two attached hydrogens (primary N) is 2. The van der Waals surface area contributed by atoms with Crippen molar-refractivity contribution in [2.45, 2.75) is 59.2 Å². The summed E-state index contributed by atoms with van der Waals surface area (Å²) in [7, 11) is 0. The number of anilines is 2. The molecule has 4 aromatic carbocycles. The van der Waals surface area contributed by atoms with Gasteiger partial charge in [0.1, 0.15) is 17.3 Å². The van der Waals surface area contributed by atoms with Crippen LogP contribution in [0.25, 0.3) is 0 Å². The number of ether oxygens (including phenoxy) is 1. The molecule has 2 heterocycles. The molecule has 4 aromatic rings. The van der Waals surface area contributed by atoms with Gasteiger partial charge in [0.05, 0.1) is 6.54 Å². The molecule has 0 unspecified atom stereocenters. The van der Waals surface area contributed by atoms with Gasteiger partial charge in [0, 0.05) is 59.8 Å². The standard InChI is InChI=1S/C24H30N4O3.C19H20N4O3/c1-5-28-13-12-18-14-20(11-10-19(18)15-28)26-22(29)17-8-6-16(7-9-17)21(25)27-23(30)31-24(2,3)4;20-18(21)12-1-3-13(4-2-12)19(26)22-16-6-5-15-10-23(11-17(24)25)8-7-14(15)9-16/h6-11,14H,5,12-13,15H2,1-4H3,(H,26,29)(H2,25,27,30);1-6,9H,7-8,10-11H2,(H3,20,21)(H,22,26)(H,24,25). The van der Waals surface area contributed by atoms with Crippen molar-refractivity contribution in [3.63, 3.8) is 0 Å². The van der Waals surface area contributed by atoms with Crippen molar-refractivity contribution in [3.05, 3.63) is 129 Å². The molecule has 2 aliphatic heterocycles. The smallest absolute Gasteiger partial charge is 0.436 e. The molecule has 3 amide bonds. The summed E-state index contributed by atoms with van der Waals surface area (Å²) in [5.41, 5.74) is 19.0. The number of hydrogen-bond donors (Lipinski definition) is 6. The summed E-state index contributed by atoms with van der Waals surface area (Å²) < 4.78 is 5.14. The van der Waals surface area contributed by atoms with E-state index < -0.39 is 17.7 Å². The van der Waals surface area contributed by atoms with Gasteiger partial charge in [-0.1, -0.05) is 43.3 Å². The zero-order chi connectivity index (χ0) is 41.3. The Kier molecular flexibility index (Phi) is 13.6. The number of carbonyl (C=O) groups is 4. The van der Waals surface area contributed by atoms with Crippen molar-refractivity contribution in [1.82, 2.24) is 9.80 Å². The molecule has 0 bridgehead atoms. The van der Waals surface area contributed by atoms with E-state index in [1.54, 1.807) is 69.3 Å². The fraction of sp³-hybridized carbons (Fsp3) is 0.302. The van der Waals surface area contributed by atoms with Gasteiger partial charge in [-0.15, -0.1) is 0 Å². The Morgan fingerprint density at radius 2 is 1.18 bits per heavy atom. The normalized spacial score (nSPS) is 14.2. The van der Waals surface area contributed by atoms with Crippen LogP contribution in [0, 0.1) is 5.41 Å². The number of hydrogen-bond acceptors (Lipinski definition) is 8. The number of carboxylic acid groups (broad SMARTS) is 1. The molecule has 0 aromatic heterocycles. The molecule has 0 spiro atoms. The second kappa shape index (κ2) is 18.5. The maximum Gasteiger partial charge on any atom is 0.436 e. The molecule has 0 aliphatic carbocycles. The number of nitrogens with one attached hydrogen (secondary N) is 3. The molecular weight excluding hydrogens is 725 g/mol. The molecular formula is C43H50N8O6. The first kappa shape index (κ1) is 41.8. The quantitative estimate of drug-likeness (QED) is 0.0911. The highest BCUT2D eigenvalue weighted by atomic mass is 16.6. The van der Waals surface area contributed by atoms with E-state index in [-0.39, 0.29) is 30.0 Å². The number of benzene rings is 4. The lowest BCUT2D eigenvalue weighted by atomic mass is 9.99. The second-order valence-electron chi connectivity index (χ2n) is 14.9. The molecule has 8 N–H and O–H groups in total. The van der Waals surface area contributed by atoms with Crippen LogP contribution in [0.1, 0.15) is 81.8 Å². The van der Waals surface area contributed by atoms with Crippen LogP contribution in [-0.4, -0.2) is 82.2 Å². The van der Waals surface area contributed by atoms with Crippen molar-refractivity contribution >= 4 is 46.9 Å². The Morgan fingerprint density at radius 1 is 0.719 bits per heavy atom. The summed E-state index contributed by atoms with van der Waals surface area (Å²) in [5.74, 6) is -1.27. The van der Waals surface area contributed by atoms with E-state index in [4.69, 9.17) is 26.7 Å². The van der Waals surface area contributed by atoms with Gasteiger partial charge in [-0.25, -0.2) is 4.79 Å². The third kappa shape index (κ3) is 12.1. The molecule has 0 saturated carbocycles. The van der Waals surface area contributed by atoms with Gasteiger partial charge < -0.3 is 31.9 Å². The van der Waals surface area contributed by atoms with E-state index in [9.17, 15) is 19.2 Å². The summed E-state index contributed by atoms with van der Waals surface area (Å²) in [6.07, 6.45) is 0.985. The summed E-state index contributed by atoms with van der Waals surface area (Å²) in [6.45, 7) is 11.8. The number of aliphatic carboxylic acids is 1. The lowest BCUT2D eigenvalue weighted by Crippen LogP contribution is -2.34. The van der Waals surface area contributed by atoms with Gasteiger partial charge in [-0.05, 0) is 111 Å². The van der Waals surface area contributed by atoms with Gasteiger partial charge in [0.25, 0.3) is 11.8 Å². The Bertz CT molecular complexity index is 2160. The summed E-state index contributed by atoms with van der Waals surface area (Å²) >= 11 is 0. The number of nitrogens with zero attached hydrogens (tertiary/aromatic N) is 3. The fourth-order valence-corrected chi connectivity index (χ4v) is 6.42. The number of aliphatic imine (C=N–C) groups is 1. The molecule has 0 saturated heterocycles. The molecule has 2 aliphatic rings. The number of nitrogen functional groups attached to an aromatic ring is 1. The van der Waals surface area contributed by atoms with Gasteiger partial charge in [-0.2, -0.15) is 4.99 Å². The third-order valence-electron chi connectivity index (χ3n) is 9.42. The number of carbonyl (C=O) groups excluding carboxylic acids is 3. The van der Waals surface area contributed by atoms with Crippen LogP contribution in [0.15, 0.2) is 89.9 Å². The highest BCUT2D eigenvalue weighted by Crippen LogP contribution is 2.24. The second-order valence-corrected chi connectivity index (χ2v) is 14.9. The highest BCUT2D eigenvalue weighted by Gasteiger charge is 2.20. The minimum absolute atomic E-state index is 0.0359. The van der Waals surface area contributed by atoms with E-state index in [0.29, 0.717) is 41.0 Å². The molecule has 0 fully saturated rings. The number of amides is 3. The predicted octanol–water partition coefficient (Wildman–Crippen LogP) is 5.62. The van der Waals surface area contributed by atoms with E-state index in [2.05, 4.69) is 39.6 Å². The summed E-state index contributed by atoms with van der Waals surface area (Å²) in [6, 6.07) is 24.9. The maximum absolute atomic E-state index is 12.6. The lowest BCUT2D eigenvalue weighted by Gasteiger charge is -2.27. The van der Waals surface area contributed by atoms with Crippen LogP contribution in [0.5, 0.6) is 0 Å². The van der Waals surface area contributed by atoms with Crippen LogP contribution < -0.4 is 22.1 Å². The predicted molar refractivity (Wildman–Crippen MR) is 221 cm³/mol. The van der Waals surface area contributed by atoms with Crippen molar-refractivity contribution in [2.24, 2.45) is 16.5 Å². The fourth-order valence-electron chi connectivity index (χ4n) is 6.42. The van der Waals surface area contributed by atoms with E-state index in [1.165, 1.54) is 11.1 Å². The molecule has 6 rings (SSSR count). The molecule has 0 atom stereocenters. The van der Waals surface area contributed by atoms with Gasteiger partial charge in [-0.3, -0.25) is 29.6 Å². The molecule has 14 heteroatoms. The van der Waals surface area contributed by atoms with Gasteiger partial charge in [0.15, 0.2) is 0 Å². The monoisotopic (exact) mass is 774 g/mol. The molecule has 298 valence electrons. The maximum atomic E-state index is 12.6. The van der Waals surface area contributed by atoms with Gasteiger partial charge in [0.2, 0.25) is 0 Å². The molecule has 0 radical (unpaired) electrons. The Hall–Kier alpha value is -6.38. The van der Waals surface area contributed by atoms with Gasteiger partial charge >= 0.3 is 12.1 Å². The Labute approximate surface area is 332 Å². The third-order valence-corrected chi connectivity index (χ3v) is 9.42. The van der Waals surface area contributed by atoms with E-state index in [1.807, 2.05) is 29.2 Å². The minimum atomic E-state index is -0.826. The zero-order valence-corrected chi connectivity index (χ0v) is 32.7. The van der Waals surface area contributed by atoms with Crippen LogP contribution in [-0.2, 0) is 35.5 Å². The lowest BCUT2D eigenvalue weighted by molar-refractivity contribution is -0.138. The minimum Gasteiger partial charge on any atom is -0.480 e. The van der Waals surface area contributed by atoms with Crippen LogP contribution >= 0.6 is 0 Å². The number of likely N-dealkylation sites (N-methyl/N-ethyl adjacent to an activating group) is 1. The number of amidine groups is 2. The van der Waals surface area contributed by atoms with E-state index in [0.717, 1.165) is 49.3 Å². The summed E-state index contributed by atoms with van der Waals surface area (Å²) in [4.78, 5) is 55.7. The summed E-state index contributed by atoms with van der Waals surface area (Å²) in [5, 5.41) is 22.1. The van der Waals surface area contributed by atoms with Crippen LogP contribution in [0.3, 0.4) is 0 Å². The van der Waals surface area contributed by atoms with Crippen LogP contribution in [0.4, 0.5) is 16.2 Å². The zero-order valence-electron chi connectivity index (χ0n) is 32.7.